The first-order valence-electron chi connectivity index (χ1n) is 10.1. The summed E-state index contributed by atoms with van der Waals surface area (Å²) in [6.45, 7) is 5.78. The molecule has 154 valence electrons. The highest BCUT2D eigenvalue weighted by atomic mass is 16.5. The molecule has 2 N–H and O–H groups in total. The standard InChI is InChI=1S/C23H29N3O3/c1-17(2)29-14-8-13-26-22(19-11-6-7-12-20(19)23(26)28)25-16-21(27)24-15-18-9-4-3-5-10-18/h3-7,9-12,17,22,25H,8,13-16H2,1-2H3,(H,24,27). The molecule has 0 radical (unpaired) electrons. The molecular weight excluding hydrogens is 366 g/mol. The minimum absolute atomic E-state index is 0.00709. The number of nitrogens with one attached hydrogen (secondary N) is 2. The van der Waals surface area contributed by atoms with Crippen molar-refractivity contribution in [1.82, 2.24) is 15.5 Å². The molecule has 29 heavy (non-hydrogen) atoms. The number of hydrogen-bond acceptors (Lipinski definition) is 4. The zero-order valence-corrected chi connectivity index (χ0v) is 17.1. The van der Waals surface area contributed by atoms with Crippen LogP contribution < -0.4 is 10.6 Å². The normalized spacial score (nSPS) is 15.6. The first-order chi connectivity index (χ1) is 14.1. The van der Waals surface area contributed by atoms with E-state index in [0.717, 1.165) is 17.5 Å². The molecule has 1 unspecified atom stereocenters. The van der Waals surface area contributed by atoms with Gasteiger partial charge in [-0.25, -0.2) is 0 Å². The molecule has 0 bridgehead atoms. The Morgan fingerprint density at radius 3 is 2.59 bits per heavy atom. The van der Waals surface area contributed by atoms with E-state index in [2.05, 4.69) is 10.6 Å². The third-order valence-corrected chi connectivity index (χ3v) is 4.84. The lowest BCUT2D eigenvalue weighted by Crippen LogP contribution is -2.42. The van der Waals surface area contributed by atoms with Gasteiger partial charge >= 0.3 is 0 Å². The van der Waals surface area contributed by atoms with Gasteiger partial charge in [-0.1, -0.05) is 48.5 Å². The summed E-state index contributed by atoms with van der Waals surface area (Å²) < 4.78 is 5.60. The Labute approximate surface area is 172 Å². The van der Waals surface area contributed by atoms with Crippen LogP contribution in [-0.2, 0) is 16.1 Å². The number of fused-ring (bicyclic) bond motifs is 1. The minimum atomic E-state index is -0.305. The van der Waals surface area contributed by atoms with Crippen LogP contribution in [0.25, 0.3) is 0 Å². The fourth-order valence-corrected chi connectivity index (χ4v) is 3.42. The summed E-state index contributed by atoms with van der Waals surface area (Å²) >= 11 is 0. The van der Waals surface area contributed by atoms with E-state index in [0.29, 0.717) is 25.3 Å². The Kier molecular flexibility index (Phi) is 7.38. The van der Waals surface area contributed by atoms with Crippen LogP contribution >= 0.6 is 0 Å². The maximum Gasteiger partial charge on any atom is 0.255 e. The van der Waals surface area contributed by atoms with Crippen LogP contribution in [0.3, 0.4) is 0 Å². The van der Waals surface area contributed by atoms with Gasteiger partial charge in [0, 0.05) is 30.8 Å². The number of nitrogens with zero attached hydrogens (tertiary/aromatic N) is 1. The quantitative estimate of drug-likeness (QED) is 0.607. The second kappa shape index (κ2) is 10.2. The van der Waals surface area contributed by atoms with Crippen LogP contribution in [0.4, 0.5) is 0 Å². The van der Waals surface area contributed by atoms with Crippen molar-refractivity contribution in [1.29, 1.82) is 0 Å². The Morgan fingerprint density at radius 1 is 1.10 bits per heavy atom. The lowest BCUT2D eigenvalue weighted by molar-refractivity contribution is -0.120. The van der Waals surface area contributed by atoms with Gasteiger partial charge in [0.15, 0.2) is 0 Å². The Bertz CT molecular complexity index is 823. The van der Waals surface area contributed by atoms with Gasteiger partial charge in [-0.05, 0) is 31.9 Å². The van der Waals surface area contributed by atoms with Crippen molar-refractivity contribution >= 4 is 11.8 Å². The molecule has 1 heterocycles. The highest BCUT2D eigenvalue weighted by Gasteiger charge is 2.35. The van der Waals surface area contributed by atoms with E-state index in [1.165, 1.54) is 0 Å². The van der Waals surface area contributed by atoms with Gasteiger partial charge in [0.2, 0.25) is 5.91 Å². The van der Waals surface area contributed by atoms with Crippen LogP contribution in [0.2, 0.25) is 0 Å². The maximum absolute atomic E-state index is 12.8. The number of ether oxygens (including phenoxy) is 1. The second-order valence-corrected chi connectivity index (χ2v) is 7.40. The molecule has 1 aliphatic rings. The summed E-state index contributed by atoms with van der Waals surface area (Å²) in [6.07, 6.45) is 0.611. The average Bonchev–Trinajstić information content (AvgIpc) is 3.00. The van der Waals surface area contributed by atoms with E-state index in [-0.39, 0.29) is 30.6 Å². The van der Waals surface area contributed by atoms with Crippen molar-refractivity contribution in [2.75, 3.05) is 19.7 Å². The summed E-state index contributed by atoms with van der Waals surface area (Å²) in [4.78, 5) is 26.9. The van der Waals surface area contributed by atoms with E-state index in [1.54, 1.807) is 4.90 Å². The van der Waals surface area contributed by atoms with Gasteiger partial charge in [0.1, 0.15) is 6.17 Å². The topological polar surface area (TPSA) is 70.7 Å². The minimum Gasteiger partial charge on any atom is -0.379 e. The highest BCUT2D eigenvalue weighted by Crippen LogP contribution is 2.31. The van der Waals surface area contributed by atoms with E-state index in [1.807, 2.05) is 68.4 Å². The molecule has 2 aromatic rings. The van der Waals surface area contributed by atoms with E-state index >= 15 is 0 Å². The lowest BCUT2D eigenvalue weighted by Gasteiger charge is -2.26. The van der Waals surface area contributed by atoms with Crippen molar-refractivity contribution in [2.24, 2.45) is 0 Å². The number of benzene rings is 2. The summed E-state index contributed by atoms with van der Waals surface area (Å²) in [5.41, 5.74) is 2.66. The fraction of sp³-hybridized carbons (Fsp3) is 0.391. The fourth-order valence-electron chi connectivity index (χ4n) is 3.42. The van der Waals surface area contributed by atoms with Crippen LogP contribution in [0, 0.1) is 0 Å². The maximum atomic E-state index is 12.8. The second-order valence-electron chi connectivity index (χ2n) is 7.40. The lowest BCUT2D eigenvalue weighted by atomic mass is 10.1. The van der Waals surface area contributed by atoms with Gasteiger partial charge in [-0.2, -0.15) is 0 Å². The molecular formula is C23H29N3O3. The zero-order chi connectivity index (χ0) is 20.6. The monoisotopic (exact) mass is 395 g/mol. The molecule has 2 aromatic carbocycles. The average molecular weight is 396 g/mol. The first kappa shape index (κ1) is 21.0. The smallest absolute Gasteiger partial charge is 0.255 e. The van der Waals surface area contributed by atoms with E-state index in [4.69, 9.17) is 4.74 Å². The number of hydrogen-bond donors (Lipinski definition) is 2. The summed E-state index contributed by atoms with van der Waals surface area (Å²) in [5.74, 6) is -0.110. The number of rotatable bonds is 10. The van der Waals surface area contributed by atoms with E-state index < -0.39 is 0 Å². The van der Waals surface area contributed by atoms with Crippen molar-refractivity contribution in [2.45, 2.75) is 39.1 Å². The molecule has 1 aliphatic heterocycles. The molecule has 0 saturated carbocycles. The molecule has 6 nitrogen and oxygen atoms in total. The van der Waals surface area contributed by atoms with Crippen molar-refractivity contribution in [3.05, 3.63) is 71.3 Å². The molecule has 0 aromatic heterocycles. The Morgan fingerprint density at radius 2 is 1.83 bits per heavy atom. The summed E-state index contributed by atoms with van der Waals surface area (Å²) in [6, 6.07) is 17.4. The highest BCUT2D eigenvalue weighted by molar-refractivity contribution is 5.99. The van der Waals surface area contributed by atoms with Gasteiger partial charge in [-0.3, -0.25) is 14.9 Å². The SMILES string of the molecule is CC(C)OCCCN1C(=O)c2ccccc2C1NCC(=O)NCc1ccccc1. The number of carbonyl (C=O) groups excluding carboxylic acids is 2. The number of amides is 2. The third-order valence-electron chi connectivity index (χ3n) is 4.84. The van der Waals surface area contributed by atoms with Gasteiger partial charge < -0.3 is 15.0 Å². The van der Waals surface area contributed by atoms with Crippen molar-refractivity contribution in [3.8, 4) is 0 Å². The van der Waals surface area contributed by atoms with E-state index in [9.17, 15) is 9.59 Å². The molecule has 2 amide bonds. The molecule has 0 aliphatic carbocycles. The molecule has 0 saturated heterocycles. The van der Waals surface area contributed by atoms with Crippen LogP contribution in [0.15, 0.2) is 54.6 Å². The predicted molar refractivity (Wildman–Crippen MR) is 112 cm³/mol. The van der Waals surface area contributed by atoms with Gasteiger partial charge in [-0.15, -0.1) is 0 Å². The summed E-state index contributed by atoms with van der Waals surface area (Å²) in [7, 11) is 0. The Hall–Kier alpha value is -2.70. The van der Waals surface area contributed by atoms with Crippen molar-refractivity contribution < 1.29 is 14.3 Å². The summed E-state index contributed by atoms with van der Waals surface area (Å²) in [5, 5.41) is 6.17. The molecule has 0 fully saturated rings. The molecule has 6 heteroatoms. The van der Waals surface area contributed by atoms with Crippen LogP contribution in [0.1, 0.15) is 47.9 Å². The third kappa shape index (κ3) is 5.65. The van der Waals surface area contributed by atoms with Gasteiger partial charge in [0.25, 0.3) is 5.91 Å². The van der Waals surface area contributed by atoms with Gasteiger partial charge in [0.05, 0.1) is 12.6 Å². The molecule has 0 spiro atoms. The molecule has 3 rings (SSSR count). The Balaban J connectivity index is 1.58. The first-order valence-corrected chi connectivity index (χ1v) is 10.1. The van der Waals surface area contributed by atoms with Crippen LogP contribution in [0.5, 0.6) is 0 Å². The predicted octanol–water partition coefficient (Wildman–Crippen LogP) is 2.86. The van der Waals surface area contributed by atoms with Crippen molar-refractivity contribution in [3.63, 3.8) is 0 Å². The molecule has 1 atom stereocenters. The largest absolute Gasteiger partial charge is 0.379 e. The zero-order valence-electron chi connectivity index (χ0n) is 17.1. The number of carbonyl (C=O) groups is 2. The van der Waals surface area contributed by atoms with Crippen LogP contribution in [-0.4, -0.2) is 42.5 Å².